The Hall–Kier alpha value is -3.58. The van der Waals surface area contributed by atoms with E-state index < -0.39 is 17.7 Å². The van der Waals surface area contributed by atoms with Crippen LogP contribution in [0.15, 0.2) is 66.8 Å². The summed E-state index contributed by atoms with van der Waals surface area (Å²) in [6.45, 7) is 6.41. The molecule has 0 aromatic heterocycles. The lowest BCUT2D eigenvalue weighted by Gasteiger charge is -2.25. The second kappa shape index (κ2) is 10.6. The Morgan fingerprint density at radius 1 is 1.06 bits per heavy atom. The number of amides is 1. The molecule has 0 aliphatic carbocycles. The number of carbonyl (C=O) groups excluding carboxylic acids is 2. The first-order valence-corrected chi connectivity index (χ1v) is 10.5. The summed E-state index contributed by atoms with van der Waals surface area (Å²) in [6.07, 6.45) is 1.95. The van der Waals surface area contributed by atoms with Crippen molar-refractivity contribution in [3.8, 4) is 11.5 Å². The van der Waals surface area contributed by atoms with Crippen LogP contribution in [0.25, 0.3) is 5.76 Å². The van der Waals surface area contributed by atoms with Gasteiger partial charge in [-0.25, -0.2) is 0 Å². The number of hydrogen-bond donors (Lipinski definition) is 2. The molecule has 2 N–H and O–H groups in total. The van der Waals surface area contributed by atoms with Crippen molar-refractivity contribution in [2.75, 3.05) is 26.4 Å². The zero-order valence-corrected chi connectivity index (χ0v) is 18.0. The van der Waals surface area contributed by atoms with Crippen LogP contribution >= 0.6 is 0 Å². The first-order valence-electron chi connectivity index (χ1n) is 10.5. The number of ether oxygens (including phenoxy) is 2. The maximum absolute atomic E-state index is 12.9. The van der Waals surface area contributed by atoms with E-state index in [4.69, 9.17) is 9.47 Å². The summed E-state index contributed by atoms with van der Waals surface area (Å²) in [6, 6.07) is 12.9. The molecule has 168 valence electrons. The van der Waals surface area contributed by atoms with Gasteiger partial charge in [0, 0.05) is 18.7 Å². The first kappa shape index (κ1) is 23.1. The maximum atomic E-state index is 12.9. The third kappa shape index (κ3) is 4.84. The molecule has 3 rings (SSSR count). The summed E-state index contributed by atoms with van der Waals surface area (Å²) in [5.74, 6) is -0.462. The Kier molecular flexibility index (Phi) is 7.68. The van der Waals surface area contributed by atoms with Crippen molar-refractivity contribution in [3.05, 3.63) is 77.9 Å². The van der Waals surface area contributed by atoms with Crippen molar-refractivity contribution in [2.45, 2.75) is 19.4 Å². The predicted molar refractivity (Wildman–Crippen MR) is 120 cm³/mol. The number of hydrogen-bond acceptors (Lipinski definition) is 6. The van der Waals surface area contributed by atoms with E-state index in [0.717, 1.165) is 0 Å². The zero-order valence-electron chi connectivity index (χ0n) is 18.0. The van der Waals surface area contributed by atoms with Gasteiger partial charge in [-0.15, -0.1) is 0 Å². The number of Topliss-reactive ketones (excluding diaryl/α,β-unsaturated/α-hetero) is 1. The standard InChI is InChI=1S/C25H27NO6/c1-3-16-32-20-10-6-17(7-11-20)22-21(24(29)25(30)26(22)14-5-15-27)23(28)18-8-12-19(13-9-18)31-4-2/h3,6-13,22,27-28H,1,4-5,14-16H2,2H3/t22-/m1/s1. The Morgan fingerprint density at radius 3 is 2.28 bits per heavy atom. The Balaban J connectivity index is 2.04. The summed E-state index contributed by atoms with van der Waals surface area (Å²) in [4.78, 5) is 27.1. The molecule has 1 atom stereocenters. The highest BCUT2D eigenvalue weighted by atomic mass is 16.5. The van der Waals surface area contributed by atoms with Gasteiger partial charge in [0.2, 0.25) is 0 Å². The van der Waals surface area contributed by atoms with E-state index in [1.807, 2.05) is 6.92 Å². The van der Waals surface area contributed by atoms with E-state index >= 15 is 0 Å². The van der Waals surface area contributed by atoms with Gasteiger partial charge in [0.25, 0.3) is 11.7 Å². The lowest BCUT2D eigenvalue weighted by molar-refractivity contribution is -0.140. The summed E-state index contributed by atoms with van der Waals surface area (Å²) in [5, 5.41) is 20.3. The Bertz CT molecular complexity index is 994. The number of rotatable bonds is 10. The first-order chi connectivity index (χ1) is 15.5. The van der Waals surface area contributed by atoms with Crippen molar-refractivity contribution in [1.82, 2.24) is 4.90 Å². The molecule has 2 aromatic rings. The van der Waals surface area contributed by atoms with Crippen LogP contribution in [-0.4, -0.2) is 53.2 Å². The molecule has 7 heteroatoms. The van der Waals surface area contributed by atoms with Gasteiger partial charge in [0.05, 0.1) is 18.2 Å². The van der Waals surface area contributed by atoms with Gasteiger partial charge < -0.3 is 24.6 Å². The van der Waals surface area contributed by atoms with E-state index in [1.54, 1.807) is 54.6 Å². The fourth-order valence-corrected chi connectivity index (χ4v) is 3.63. The molecular formula is C25H27NO6. The van der Waals surface area contributed by atoms with Gasteiger partial charge in [-0.3, -0.25) is 9.59 Å². The van der Waals surface area contributed by atoms with E-state index in [-0.39, 0.29) is 24.5 Å². The number of nitrogens with zero attached hydrogens (tertiary/aromatic N) is 1. The van der Waals surface area contributed by atoms with Crippen LogP contribution < -0.4 is 9.47 Å². The Labute approximate surface area is 187 Å². The van der Waals surface area contributed by atoms with Gasteiger partial charge in [-0.05, 0) is 55.3 Å². The van der Waals surface area contributed by atoms with E-state index in [1.165, 1.54) is 4.90 Å². The monoisotopic (exact) mass is 437 g/mol. The number of carbonyl (C=O) groups is 2. The second-order valence-electron chi connectivity index (χ2n) is 7.20. The van der Waals surface area contributed by atoms with Gasteiger partial charge in [0.15, 0.2) is 0 Å². The van der Waals surface area contributed by atoms with E-state index in [0.29, 0.717) is 42.3 Å². The molecule has 1 aliphatic heterocycles. The highest BCUT2D eigenvalue weighted by Gasteiger charge is 2.45. The lowest BCUT2D eigenvalue weighted by atomic mass is 9.95. The maximum Gasteiger partial charge on any atom is 0.295 e. The SMILES string of the molecule is C=CCOc1ccc([C@@H]2C(=C(O)c3ccc(OCC)cc3)C(=O)C(=O)N2CCCO)cc1. The average Bonchev–Trinajstić information content (AvgIpc) is 3.06. The van der Waals surface area contributed by atoms with Crippen molar-refractivity contribution in [3.63, 3.8) is 0 Å². The van der Waals surface area contributed by atoms with Crippen molar-refractivity contribution < 1.29 is 29.3 Å². The summed E-state index contributed by atoms with van der Waals surface area (Å²) in [7, 11) is 0. The molecule has 1 aliphatic rings. The molecule has 0 unspecified atom stereocenters. The van der Waals surface area contributed by atoms with Gasteiger partial charge in [-0.2, -0.15) is 0 Å². The molecule has 7 nitrogen and oxygen atoms in total. The highest BCUT2D eigenvalue weighted by Crippen LogP contribution is 2.40. The number of likely N-dealkylation sites (tertiary alicyclic amines) is 1. The van der Waals surface area contributed by atoms with Gasteiger partial charge in [0.1, 0.15) is 23.9 Å². The summed E-state index contributed by atoms with van der Waals surface area (Å²) >= 11 is 0. The average molecular weight is 437 g/mol. The zero-order chi connectivity index (χ0) is 23.1. The quantitative estimate of drug-likeness (QED) is 0.256. The number of ketones is 1. The fraction of sp³-hybridized carbons (Fsp3) is 0.280. The minimum atomic E-state index is -0.776. The van der Waals surface area contributed by atoms with Crippen molar-refractivity contribution in [2.24, 2.45) is 0 Å². The van der Waals surface area contributed by atoms with Crippen LogP contribution in [0.3, 0.4) is 0 Å². The fourth-order valence-electron chi connectivity index (χ4n) is 3.63. The molecule has 1 fully saturated rings. The summed E-state index contributed by atoms with van der Waals surface area (Å²) < 4.78 is 10.9. The third-order valence-electron chi connectivity index (χ3n) is 5.10. The predicted octanol–water partition coefficient (Wildman–Crippen LogP) is 3.45. The molecule has 32 heavy (non-hydrogen) atoms. The van der Waals surface area contributed by atoms with Gasteiger partial charge in [-0.1, -0.05) is 24.8 Å². The van der Waals surface area contributed by atoms with Crippen LogP contribution in [0, 0.1) is 0 Å². The van der Waals surface area contributed by atoms with E-state index in [2.05, 4.69) is 6.58 Å². The number of aliphatic hydroxyl groups is 2. The molecule has 0 bridgehead atoms. The molecular weight excluding hydrogens is 410 g/mol. The minimum Gasteiger partial charge on any atom is -0.507 e. The van der Waals surface area contributed by atoms with E-state index in [9.17, 15) is 19.8 Å². The topological polar surface area (TPSA) is 96.3 Å². The van der Waals surface area contributed by atoms with Crippen LogP contribution in [0.4, 0.5) is 0 Å². The van der Waals surface area contributed by atoms with Crippen LogP contribution in [0.5, 0.6) is 11.5 Å². The molecule has 0 saturated carbocycles. The Morgan fingerprint density at radius 2 is 1.69 bits per heavy atom. The lowest BCUT2D eigenvalue weighted by Crippen LogP contribution is -2.31. The smallest absolute Gasteiger partial charge is 0.295 e. The second-order valence-corrected chi connectivity index (χ2v) is 7.20. The van der Waals surface area contributed by atoms with Crippen LogP contribution in [-0.2, 0) is 9.59 Å². The minimum absolute atomic E-state index is 0.0110. The molecule has 0 spiro atoms. The number of aliphatic hydroxyl groups excluding tert-OH is 2. The highest BCUT2D eigenvalue weighted by molar-refractivity contribution is 6.46. The summed E-state index contributed by atoms with van der Waals surface area (Å²) in [5.41, 5.74) is 1.07. The molecule has 1 amide bonds. The van der Waals surface area contributed by atoms with Crippen LogP contribution in [0.1, 0.15) is 30.5 Å². The largest absolute Gasteiger partial charge is 0.507 e. The van der Waals surface area contributed by atoms with Gasteiger partial charge >= 0.3 is 0 Å². The molecule has 2 aromatic carbocycles. The normalized spacial score (nSPS) is 17.4. The number of benzene rings is 2. The molecule has 0 radical (unpaired) electrons. The van der Waals surface area contributed by atoms with Crippen molar-refractivity contribution >= 4 is 17.4 Å². The van der Waals surface area contributed by atoms with Crippen molar-refractivity contribution in [1.29, 1.82) is 0 Å². The third-order valence-corrected chi connectivity index (χ3v) is 5.10. The molecule has 1 saturated heterocycles. The molecule has 1 heterocycles. The van der Waals surface area contributed by atoms with Crippen LogP contribution in [0.2, 0.25) is 0 Å².